The van der Waals surface area contributed by atoms with Crippen LogP contribution in [-0.4, -0.2) is 119 Å². The van der Waals surface area contributed by atoms with Gasteiger partial charge in [0.1, 0.15) is 35.8 Å². The molecular weight excluding hydrogens is 640 g/mol. The molecule has 0 amide bonds. The number of fused-ring (bicyclic) bond motifs is 5. The maximum Gasteiger partial charge on any atom is 0.229 e. The summed E-state index contributed by atoms with van der Waals surface area (Å²) in [5.74, 6) is -3.78. The molecule has 0 aromatic heterocycles. The third-order valence-electron chi connectivity index (χ3n) is 13.5. The number of rotatable bonds is 8. The molecule has 1 saturated heterocycles. The van der Waals surface area contributed by atoms with E-state index in [9.17, 15) is 55.2 Å². The van der Waals surface area contributed by atoms with Crippen LogP contribution in [0.4, 0.5) is 0 Å². The van der Waals surface area contributed by atoms with Gasteiger partial charge in [0, 0.05) is 30.1 Å². The van der Waals surface area contributed by atoms with Crippen LogP contribution in [0, 0.1) is 39.4 Å². The molecule has 3 unspecified atom stereocenters. The SMILES string of the molecule is CC1(C)C(=O)C(O[C@H]2O[C@@H](CO)[C@H](O)[C@@H](O)[C@@H]2O)=CC2C1=CCC1[C@]2(C)C(=O)C[C@@]2(C)C([C@@](C)(O)C(=O)C[C@@H](O)C(C)(C)O)[C@@H](O)C[C@]12C. The maximum atomic E-state index is 14.7. The van der Waals surface area contributed by atoms with Gasteiger partial charge < -0.3 is 50.3 Å². The Morgan fingerprint density at radius 3 is 2.18 bits per heavy atom. The van der Waals surface area contributed by atoms with E-state index in [-0.39, 0.29) is 24.4 Å². The van der Waals surface area contributed by atoms with Crippen LogP contribution in [0.1, 0.15) is 81.1 Å². The number of carbonyl (C=O) groups is 3. The smallest absolute Gasteiger partial charge is 0.229 e. The number of carbonyl (C=O) groups excluding carboxylic acids is 3. The zero-order chi connectivity index (χ0) is 37.0. The average molecular weight is 695 g/mol. The number of hydrogen-bond donors (Lipinski definition) is 8. The molecule has 49 heavy (non-hydrogen) atoms. The molecule has 3 fully saturated rings. The van der Waals surface area contributed by atoms with Crippen molar-refractivity contribution in [1.82, 2.24) is 0 Å². The largest absolute Gasteiger partial charge is 0.459 e. The molecule has 13 nitrogen and oxygen atoms in total. The van der Waals surface area contributed by atoms with Crippen molar-refractivity contribution in [3.63, 3.8) is 0 Å². The lowest BCUT2D eigenvalue weighted by atomic mass is 9.39. The second kappa shape index (κ2) is 12.0. The molecule has 0 aromatic carbocycles. The van der Waals surface area contributed by atoms with Gasteiger partial charge in [-0.15, -0.1) is 0 Å². The summed E-state index contributed by atoms with van der Waals surface area (Å²) in [5.41, 5.74) is -7.23. The highest BCUT2D eigenvalue weighted by molar-refractivity contribution is 6.02. The Bertz CT molecular complexity index is 1440. The Labute approximate surface area is 286 Å². The third-order valence-corrected chi connectivity index (χ3v) is 13.5. The van der Waals surface area contributed by atoms with E-state index < -0.39 is 118 Å². The van der Waals surface area contributed by atoms with Gasteiger partial charge in [-0.1, -0.05) is 32.4 Å². The average Bonchev–Trinajstić information content (AvgIpc) is 3.20. The first kappa shape index (κ1) is 38.2. The Morgan fingerprint density at radius 2 is 1.61 bits per heavy atom. The molecule has 1 heterocycles. The lowest BCUT2D eigenvalue weighted by molar-refractivity contribution is -0.291. The van der Waals surface area contributed by atoms with E-state index >= 15 is 0 Å². The van der Waals surface area contributed by atoms with Crippen molar-refractivity contribution in [3.8, 4) is 0 Å². The van der Waals surface area contributed by atoms with Gasteiger partial charge in [-0.3, -0.25) is 14.4 Å². The molecule has 0 spiro atoms. The van der Waals surface area contributed by atoms with Gasteiger partial charge in [0.05, 0.1) is 29.8 Å². The highest BCUT2D eigenvalue weighted by atomic mass is 16.7. The van der Waals surface area contributed by atoms with Gasteiger partial charge in [-0.05, 0) is 70.3 Å². The normalized spacial score (nSPS) is 45.3. The van der Waals surface area contributed by atoms with Crippen molar-refractivity contribution in [1.29, 1.82) is 0 Å². The predicted molar refractivity (Wildman–Crippen MR) is 172 cm³/mol. The van der Waals surface area contributed by atoms with E-state index in [0.29, 0.717) is 12.0 Å². The van der Waals surface area contributed by atoms with Crippen molar-refractivity contribution in [2.45, 2.75) is 135 Å². The molecule has 0 radical (unpaired) electrons. The predicted octanol–water partition coefficient (Wildman–Crippen LogP) is 0.0727. The van der Waals surface area contributed by atoms with Gasteiger partial charge in [0.25, 0.3) is 0 Å². The summed E-state index contributed by atoms with van der Waals surface area (Å²) in [4.78, 5) is 42.1. The number of ketones is 3. The number of ether oxygens (including phenoxy) is 2. The Kier molecular flexibility index (Phi) is 9.34. The van der Waals surface area contributed by atoms with Gasteiger partial charge in [0.2, 0.25) is 12.1 Å². The second-order valence-electron chi connectivity index (χ2n) is 17.1. The van der Waals surface area contributed by atoms with Crippen molar-refractivity contribution in [3.05, 3.63) is 23.5 Å². The quantitative estimate of drug-likeness (QED) is 0.158. The first-order valence-corrected chi connectivity index (χ1v) is 17.1. The van der Waals surface area contributed by atoms with Crippen LogP contribution in [0.3, 0.4) is 0 Å². The molecular formula is C36H54O13. The highest BCUT2D eigenvalue weighted by Gasteiger charge is 2.74. The lowest BCUT2D eigenvalue weighted by Crippen LogP contribution is -2.64. The van der Waals surface area contributed by atoms with Crippen LogP contribution in [-0.2, 0) is 23.9 Å². The summed E-state index contributed by atoms with van der Waals surface area (Å²) in [6.07, 6.45) is -7.26. The lowest BCUT2D eigenvalue weighted by Gasteiger charge is -2.63. The van der Waals surface area contributed by atoms with Gasteiger partial charge in [-0.2, -0.15) is 0 Å². The number of allylic oxidation sites excluding steroid dienone is 4. The van der Waals surface area contributed by atoms with Crippen LogP contribution in [0.5, 0.6) is 0 Å². The number of aliphatic hydroxyl groups excluding tert-OH is 6. The fraction of sp³-hybridized carbons (Fsp3) is 0.806. The Hall–Kier alpha value is -2.07. The summed E-state index contributed by atoms with van der Waals surface area (Å²) in [5, 5.41) is 85.0. The summed E-state index contributed by atoms with van der Waals surface area (Å²) < 4.78 is 11.4. The maximum absolute atomic E-state index is 14.7. The molecule has 5 aliphatic rings. The minimum Gasteiger partial charge on any atom is -0.459 e. The monoisotopic (exact) mass is 694 g/mol. The first-order chi connectivity index (χ1) is 22.3. The highest BCUT2D eigenvalue weighted by Crippen LogP contribution is 2.74. The Balaban J connectivity index is 1.53. The molecule has 13 heteroatoms. The Morgan fingerprint density at radius 1 is 1.00 bits per heavy atom. The minimum absolute atomic E-state index is 0.107. The van der Waals surface area contributed by atoms with Crippen molar-refractivity contribution >= 4 is 17.3 Å². The molecule has 1 aliphatic heterocycles. The third kappa shape index (κ3) is 5.42. The molecule has 4 aliphatic carbocycles. The molecule has 8 N–H and O–H groups in total. The molecule has 0 aromatic rings. The first-order valence-electron chi connectivity index (χ1n) is 17.1. The van der Waals surface area contributed by atoms with E-state index in [1.54, 1.807) is 13.8 Å². The van der Waals surface area contributed by atoms with Crippen LogP contribution >= 0.6 is 0 Å². The van der Waals surface area contributed by atoms with Gasteiger partial charge in [0.15, 0.2) is 11.5 Å². The van der Waals surface area contributed by atoms with Crippen LogP contribution in [0.15, 0.2) is 23.5 Å². The van der Waals surface area contributed by atoms with Crippen LogP contribution in [0.2, 0.25) is 0 Å². The molecule has 276 valence electrons. The number of Topliss-reactive ketones (excluding diaryl/α,β-unsaturated/α-hetero) is 3. The van der Waals surface area contributed by atoms with E-state index in [1.807, 2.05) is 26.8 Å². The summed E-state index contributed by atoms with van der Waals surface area (Å²) in [6.45, 7) is 12.3. The van der Waals surface area contributed by atoms with Crippen molar-refractivity contribution in [2.24, 2.45) is 39.4 Å². The second-order valence-corrected chi connectivity index (χ2v) is 17.1. The minimum atomic E-state index is -2.15. The number of hydrogen-bond acceptors (Lipinski definition) is 13. The summed E-state index contributed by atoms with van der Waals surface area (Å²) in [7, 11) is 0. The fourth-order valence-corrected chi connectivity index (χ4v) is 10.1. The van der Waals surface area contributed by atoms with Gasteiger partial charge in [-0.25, -0.2) is 0 Å². The molecule has 5 rings (SSSR count). The van der Waals surface area contributed by atoms with Crippen LogP contribution in [0.25, 0.3) is 0 Å². The number of aliphatic hydroxyl groups is 8. The van der Waals surface area contributed by atoms with E-state index in [2.05, 4.69) is 0 Å². The molecule has 2 saturated carbocycles. The van der Waals surface area contributed by atoms with Crippen molar-refractivity contribution in [2.75, 3.05) is 6.61 Å². The zero-order valence-electron chi connectivity index (χ0n) is 29.6. The summed E-state index contributed by atoms with van der Waals surface area (Å²) in [6, 6.07) is 0. The summed E-state index contributed by atoms with van der Waals surface area (Å²) >= 11 is 0. The van der Waals surface area contributed by atoms with Crippen molar-refractivity contribution < 1.29 is 64.7 Å². The van der Waals surface area contributed by atoms with E-state index in [4.69, 9.17) is 9.47 Å². The van der Waals surface area contributed by atoms with Gasteiger partial charge >= 0.3 is 0 Å². The van der Waals surface area contributed by atoms with E-state index in [0.717, 1.165) is 0 Å². The zero-order valence-corrected chi connectivity index (χ0v) is 29.6. The van der Waals surface area contributed by atoms with E-state index in [1.165, 1.54) is 26.8 Å². The topological polar surface area (TPSA) is 232 Å². The van der Waals surface area contributed by atoms with Crippen LogP contribution < -0.4 is 0 Å². The standard InChI is InChI=1S/C36H54O13/c1-31(2)16-9-10-21-33(5)13-18(38)28(36(8,47)23(40)12-22(39)32(3,4)46)34(33,6)14-24(41)35(21,7)17(16)11-19(29(31)45)48-30-27(44)26(43)25(42)20(15-37)49-30/h9,11,17-18,20-22,25-28,30,37-39,42-44,46-47H,10,12-15H2,1-8H3/t17?,18-,20-,21?,22+,25-,26+,27-,28?,30-,33+,34-,35+,36-/m0/s1. The molecule has 0 bridgehead atoms. The molecule has 14 atom stereocenters. The fourth-order valence-electron chi connectivity index (χ4n) is 10.1.